The molecule has 0 fully saturated rings. The van der Waals surface area contributed by atoms with E-state index in [1.54, 1.807) is 12.1 Å². The molecule has 3 rings (SSSR count). The number of aromatic carboxylic acids is 1. The number of amides is 1. The first-order valence-corrected chi connectivity index (χ1v) is 5.76. The van der Waals surface area contributed by atoms with Gasteiger partial charge in [0.25, 0.3) is 5.91 Å². The Morgan fingerprint density at radius 2 is 2.11 bits per heavy atom. The van der Waals surface area contributed by atoms with Crippen molar-refractivity contribution in [1.29, 1.82) is 0 Å². The Bertz CT molecular complexity index is 678. The molecule has 2 N–H and O–H groups in total. The molecule has 0 radical (unpaired) electrons. The van der Waals surface area contributed by atoms with Crippen molar-refractivity contribution in [2.75, 3.05) is 0 Å². The molecule has 1 aliphatic heterocycles. The molecule has 2 heterocycles. The number of hydrogen-bond acceptors (Lipinski definition) is 3. The van der Waals surface area contributed by atoms with Gasteiger partial charge in [-0.2, -0.15) is 0 Å². The molecule has 0 atom stereocenters. The van der Waals surface area contributed by atoms with Crippen LogP contribution in [0.3, 0.4) is 0 Å². The summed E-state index contributed by atoms with van der Waals surface area (Å²) in [6, 6.07) is 8.67. The van der Waals surface area contributed by atoms with Crippen LogP contribution in [0.2, 0.25) is 0 Å². The van der Waals surface area contributed by atoms with Crippen LogP contribution in [0, 0.1) is 0 Å². The number of pyridine rings is 1. The van der Waals surface area contributed by atoms with Gasteiger partial charge in [0, 0.05) is 23.9 Å². The van der Waals surface area contributed by atoms with Crippen LogP contribution in [-0.2, 0) is 6.54 Å². The summed E-state index contributed by atoms with van der Waals surface area (Å²) in [5.74, 6) is -1.09. The largest absolute Gasteiger partial charge is 0.478 e. The molecule has 0 spiro atoms. The van der Waals surface area contributed by atoms with Gasteiger partial charge in [-0.15, -0.1) is 0 Å². The standard InChI is InChI=1S/C14H10N2O3/c17-13-11-5-8(1-2-9(11)6-16-13)12-4-3-10(7-15-12)14(18)19/h1-5,7H,6H2,(H,16,17)(H,18,19). The van der Waals surface area contributed by atoms with Gasteiger partial charge < -0.3 is 10.4 Å². The summed E-state index contributed by atoms with van der Waals surface area (Å²) in [7, 11) is 0. The van der Waals surface area contributed by atoms with E-state index in [0.717, 1.165) is 11.1 Å². The van der Waals surface area contributed by atoms with Crippen LogP contribution in [0.4, 0.5) is 0 Å². The Labute approximate surface area is 108 Å². The molecule has 0 saturated heterocycles. The van der Waals surface area contributed by atoms with Crippen molar-refractivity contribution >= 4 is 11.9 Å². The fourth-order valence-corrected chi connectivity index (χ4v) is 2.06. The molecule has 5 heteroatoms. The van der Waals surface area contributed by atoms with Crippen molar-refractivity contribution in [3.05, 3.63) is 53.2 Å². The zero-order valence-electron chi connectivity index (χ0n) is 9.88. The number of nitrogens with one attached hydrogen (secondary N) is 1. The highest BCUT2D eigenvalue weighted by Gasteiger charge is 2.19. The summed E-state index contributed by atoms with van der Waals surface area (Å²) in [5, 5.41) is 11.6. The van der Waals surface area contributed by atoms with Gasteiger partial charge in [0.2, 0.25) is 0 Å². The Balaban J connectivity index is 2.01. The number of aromatic nitrogens is 1. The lowest BCUT2D eigenvalue weighted by atomic mass is 10.0. The Kier molecular flexibility index (Phi) is 2.52. The maximum absolute atomic E-state index is 11.6. The molecule has 1 aromatic heterocycles. The number of carbonyl (C=O) groups is 2. The summed E-state index contributed by atoms with van der Waals surface area (Å²) in [6.07, 6.45) is 1.31. The molecule has 1 aliphatic rings. The van der Waals surface area contributed by atoms with Gasteiger partial charge in [-0.25, -0.2) is 4.79 Å². The third-order valence-corrected chi connectivity index (χ3v) is 3.10. The molecule has 0 unspecified atom stereocenters. The third kappa shape index (κ3) is 1.95. The van der Waals surface area contributed by atoms with Crippen molar-refractivity contribution in [2.45, 2.75) is 6.54 Å². The lowest BCUT2D eigenvalue weighted by Crippen LogP contribution is -2.12. The highest BCUT2D eigenvalue weighted by molar-refractivity contribution is 5.99. The minimum atomic E-state index is -1.01. The van der Waals surface area contributed by atoms with E-state index in [1.807, 2.05) is 12.1 Å². The van der Waals surface area contributed by atoms with Gasteiger partial charge in [0.05, 0.1) is 11.3 Å². The molecule has 94 valence electrons. The molecule has 1 aromatic carbocycles. The van der Waals surface area contributed by atoms with Crippen LogP contribution >= 0.6 is 0 Å². The van der Waals surface area contributed by atoms with Gasteiger partial charge in [0.1, 0.15) is 0 Å². The number of carboxylic acids is 1. The Morgan fingerprint density at radius 1 is 1.26 bits per heavy atom. The van der Waals surface area contributed by atoms with Crippen LogP contribution in [0.1, 0.15) is 26.3 Å². The van der Waals surface area contributed by atoms with Gasteiger partial charge >= 0.3 is 5.97 Å². The molecule has 0 aliphatic carbocycles. The summed E-state index contributed by atoms with van der Waals surface area (Å²) >= 11 is 0. The number of fused-ring (bicyclic) bond motifs is 1. The van der Waals surface area contributed by atoms with Crippen LogP contribution in [0.25, 0.3) is 11.3 Å². The monoisotopic (exact) mass is 254 g/mol. The lowest BCUT2D eigenvalue weighted by Gasteiger charge is -2.03. The quantitative estimate of drug-likeness (QED) is 0.854. The predicted molar refractivity (Wildman–Crippen MR) is 67.8 cm³/mol. The van der Waals surface area contributed by atoms with Crippen molar-refractivity contribution in [1.82, 2.24) is 10.3 Å². The molecule has 0 saturated carbocycles. The lowest BCUT2D eigenvalue weighted by molar-refractivity contribution is 0.0696. The maximum Gasteiger partial charge on any atom is 0.337 e. The van der Waals surface area contributed by atoms with Crippen molar-refractivity contribution in [2.24, 2.45) is 0 Å². The van der Waals surface area contributed by atoms with E-state index in [1.165, 1.54) is 12.3 Å². The zero-order valence-corrected chi connectivity index (χ0v) is 9.88. The van der Waals surface area contributed by atoms with E-state index in [9.17, 15) is 9.59 Å². The van der Waals surface area contributed by atoms with E-state index in [2.05, 4.69) is 10.3 Å². The summed E-state index contributed by atoms with van der Waals surface area (Å²) in [5.41, 5.74) is 3.21. The number of nitrogens with zero attached hydrogens (tertiary/aromatic N) is 1. The Morgan fingerprint density at radius 3 is 2.79 bits per heavy atom. The normalized spacial score (nSPS) is 12.9. The summed E-state index contributed by atoms with van der Waals surface area (Å²) in [4.78, 5) is 26.4. The number of carbonyl (C=O) groups excluding carboxylic acids is 1. The zero-order chi connectivity index (χ0) is 13.4. The third-order valence-electron chi connectivity index (χ3n) is 3.10. The molecular weight excluding hydrogens is 244 g/mol. The molecule has 5 nitrogen and oxygen atoms in total. The van der Waals surface area contributed by atoms with Crippen LogP contribution < -0.4 is 5.32 Å². The summed E-state index contributed by atoms with van der Waals surface area (Å²) in [6.45, 7) is 0.555. The van der Waals surface area contributed by atoms with Crippen LogP contribution in [0.15, 0.2) is 36.5 Å². The summed E-state index contributed by atoms with van der Waals surface area (Å²) < 4.78 is 0. The van der Waals surface area contributed by atoms with Gasteiger partial charge in [0.15, 0.2) is 0 Å². The molecular formula is C14H10N2O3. The van der Waals surface area contributed by atoms with Crippen LogP contribution in [-0.4, -0.2) is 22.0 Å². The van der Waals surface area contributed by atoms with Crippen molar-refractivity contribution < 1.29 is 14.7 Å². The predicted octanol–water partition coefficient (Wildman–Crippen LogP) is 1.69. The van der Waals surface area contributed by atoms with E-state index in [-0.39, 0.29) is 11.5 Å². The number of hydrogen-bond donors (Lipinski definition) is 2. The van der Waals surface area contributed by atoms with E-state index in [4.69, 9.17) is 5.11 Å². The van der Waals surface area contributed by atoms with Gasteiger partial charge in [-0.05, 0) is 23.8 Å². The number of rotatable bonds is 2. The smallest absolute Gasteiger partial charge is 0.337 e. The minimum absolute atomic E-state index is 0.0843. The average Bonchev–Trinajstić information content (AvgIpc) is 2.80. The first-order chi connectivity index (χ1) is 9.15. The van der Waals surface area contributed by atoms with Gasteiger partial charge in [-0.3, -0.25) is 9.78 Å². The maximum atomic E-state index is 11.6. The van der Waals surface area contributed by atoms with E-state index >= 15 is 0 Å². The second-order valence-corrected chi connectivity index (χ2v) is 4.29. The second-order valence-electron chi connectivity index (χ2n) is 4.29. The van der Waals surface area contributed by atoms with Crippen LogP contribution in [0.5, 0.6) is 0 Å². The Hall–Kier alpha value is -2.69. The topological polar surface area (TPSA) is 79.3 Å². The first kappa shape index (κ1) is 11.4. The highest BCUT2D eigenvalue weighted by Crippen LogP contribution is 2.23. The first-order valence-electron chi connectivity index (χ1n) is 5.76. The molecule has 1 amide bonds. The molecule has 19 heavy (non-hydrogen) atoms. The van der Waals surface area contributed by atoms with Crippen molar-refractivity contribution in [3.63, 3.8) is 0 Å². The number of benzene rings is 1. The van der Waals surface area contributed by atoms with Gasteiger partial charge in [-0.1, -0.05) is 12.1 Å². The molecule has 2 aromatic rings. The fraction of sp³-hybridized carbons (Fsp3) is 0.0714. The number of carboxylic acid groups (broad SMARTS) is 1. The fourth-order valence-electron chi connectivity index (χ4n) is 2.06. The SMILES string of the molecule is O=C(O)c1ccc(-c2ccc3c(c2)C(=O)NC3)nc1. The van der Waals surface area contributed by atoms with Crippen molar-refractivity contribution in [3.8, 4) is 11.3 Å². The van der Waals surface area contributed by atoms with E-state index in [0.29, 0.717) is 17.8 Å². The second kappa shape index (κ2) is 4.20. The highest BCUT2D eigenvalue weighted by atomic mass is 16.4. The molecule has 0 bridgehead atoms. The average molecular weight is 254 g/mol. The van der Waals surface area contributed by atoms with E-state index < -0.39 is 5.97 Å². The minimum Gasteiger partial charge on any atom is -0.478 e.